The van der Waals surface area contributed by atoms with Gasteiger partial charge in [0.15, 0.2) is 0 Å². The molecule has 1 fully saturated rings. The molecular formula is C30H38N6O2. The van der Waals surface area contributed by atoms with Crippen molar-refractivity contribution in [2.45, 2.75) is 58.8 Å². The summed E-state index contributed by atoms with van der Waals surface area (Å²) in [7, 11) is 1.66. The maximum absolute atomic E-state index is 13.5. The molecule has 0 aliphatic carbocycles. The van der Waals surface area contributed by atoms with Crippen molar-refractivity contribution in [2.24, 2.45) is 0 Å². The van der Waals surface area contributed by atoms with Crippen LogP contribution in [0.4, 0.5) is 11.8 Å². The van der Waals surface area contributed by atoms with Crippen molar-refractivity contribution in [1.29, 1.82) is 0 Å². The summed E-state index contributed by atoms with van der Waals surface area (Å²) in [5, 5.41) is 6.73. The summed E-state index contributed by atoms with van der Waals surface area (Å²) in [6.45, 7) is 7.92. The number of methoxy groups -OCH3 is 1. The first-order chi connectivity index (χ1) is 18.6. The van der Waals surface area contributed by atoms with Crippen LogP contribution in [0, 0.1) is 0 Å². The van der Waals surface area contributed by atoms with Crippen LogP contribution < -0.4 is 15.4 Å². The first-order valence-electron chi connectivity index (χ1n) is 13.7. The number of hydrogen-bond acceptors (Lipinski definition) is 7. The molecule has 0 bridgehead atoms. The first-order valence-corrected chi connectivity index (χ1v) is 13.7. The number of hydrogen-bond donors (Lipinski definition) is 2. The average Bonchev–Trinajstić information content (AvgIpc) is 3.56. The molecular weight excluding hydrogens is 476 g/mol. The minimum absolute atomic E-state index is 0.0122. The van der Waals surface area contributed by atoms with Gasteiger partial charge >= 0.3 is 0 Å². The molecule has 3 aromatic rings. The molecule has 2 aliphatic heterocycles. The van der Waals surface area contributed by atoms with Crippen LogP contribution >= 0.6 is 0 Å². The fourth-order valence-corrected chi connectivity index (χ4v) is 5.07. The van der Waals surface area contributed by atoms with E-state index in [1.165, 1.54) is 31.5 Å². The monoisotopic (exact) mass is 514 g/mol. The molecule has 0 atom stereocenters. The Hall–Kier alpha value is -3.65. The lowest BCUT2D eigenvalue weighted by atomic mass is 10.1. The fraction of sp³-hybridized carbons (Fsp3) is 0.433. The lowest BCUT2D eigenvalue weighted by Crippen LogP contribution is -2.24. The zero-order valence-electron chi connectivity index (χ0n) is 22.5. The number of fused-ring (bicyclic) bond motifs is 1. The number of ether oxygens (including phenoxy) is 1. The number of benzene rings is 2. The largest absolute Gasteiger partial charge is 0.497 e. The van der Waals surface area contributed by atoms with Crippen LogP contribution in [-0.2, 0) is 26.2 Å². The van der Waals surface area contributed by atoms with Crippen LogP contribution in [0.5, 0.6) is 5.75 Å². The van der Waals surface area contributed by atoms with Crippen LogP contribution in [0.15, 0.2) is 48.5 Å². The molecule has 2 aromatic carbocycles. The van der Waals surface area contributed by atoms with Gasteiger partial charge in [-0.25, -0.2) is 4.98 Å². The number of rotatable bonds is 12. The van der Waals surface area contributed by atoms with Crippen molar-refractivity contribution in [1.82, 2.24) is 19.8 Å². The van der Waals surface area contributed by atoms with Gasteiger partial charge in [0.05, 0.1) is 19.3 Å². The van der Waals surface area contributed by atoms with Gasteiger partial charge in [-0.2, -0.15) is 4.98 Å². The van der Waals surface area contributed by atoms with Crippen LogP contribution in [0.2, 0.25) is 0 Å². The molecule has 0 saturated carbocycles. The second-order valence-corrected chi connectivity index (χ2v) is 10.2. The Balaban J connectivity index is 1.28. The molecule has 1 amide bonds. The topological polar surface area (TPSA) is 82.6 Å². The van der Waals surface area contributed by atoms with Gasteiger partial charge in [-0.15, -0.1) is 0 Å². The SMILES string of the molecule is CCCCNc1nc(NCc2ccc(OC)cc2)nc2c1C(=O)N(Cc1ccc(CN3CCCC3)cc1)C2. The molecule has 0 radical (unpaired) electrons. The number of carbonyl (C=O) groups excluding carboxylic acids is 1. The van der Waals surface area contributed by atoms with Crippen LogP contribution in [0.3, 0.4) is 0 Å². The molecule has 1 aromatic heterocycles. The molecule has 5 rings (SSSR count). The van der Waals surface area contributed by atoms with Crippen LogP contribution in [0.25, 0.3) is 0 Å². The van der Waals surface area contributed by atoms with E-state index in [2.05, 4.69) is 46.7 Å². The summed E-state index contributed by atoms with van der Waals surface area (Å²) in [5.41, 5.74) is 4.92. The van der Waals surface area contributed by atoms with Crippen molar-refractivity contribution in [3.8, 4) is 5.75 Å². The molecule has 3 heterocycles. The van der Waals surface area contributed by atoms with E-state index in [1.54, 1.807) is 7.11 Å². The highest BCUT2D eigenvalue weighted by Crippen LogP contribution is 2.30. The normalized spacial score (nSPS) is 15.1. The Morgan fingerprint density at radius 2 is 1.58 bits per heavy atom. The van der Waals surface area contributed by atoms with Crippen LogP contribution in [0.1, 0.15) is 65.3 Å². The number of nitrogens with zero attached hydrogens (tertiary/aromatic N) is 4. The Morgan fingerprint density at radius 1 is 0.895 bits per heavy atom. The van der Waals surface area contributed by atoms with Gasteiger partial charge in [-0.1, -0.05) is 49.7 Å². The molecule has 38 heavy (non-hydrogen) atoms. The first kappa shape index (κ1) is 26.0. The molecule has 0 spiro atoms. The van der Waals surface area contributed by atoms with Crippen LogP contribution in [-0.4, -0.2) is 52.4 Å². The fourth-order valence-electron chi connectivity index (χ4n) is 5.07. The number of carbonyl (C=O) groups is 1. The average molecular weight is 515 g/mol. The molecule has 200 valence electrons. The van der Waals surface area contributed by atoms with Gasteiger partial charge in [-0.05, 0) is 61.2 Å². The lowest BCUT2D eigenvalue weighted by molar-refractivity contribution is 0.0767. The van der Waals surface area contributed by atoms with E-state index in [0.29, 0.717) is 37.0 Å². The second-order valence-electron chi connectivity index (χ2n) is 10.2. The lowest BCUT2D eigenvalue weighted by Gasteiger charge is -2.17. The highest BCUT2D eigenvalue weighted by molar-refractivity contribution is 6.02. The quantitative estimate of drug-likeness (QED) is 0.327. The third kappa shape index (κ3) is 6.25. The number of likely N-dealkylation sites (tertiary alicyclic amines) is 1. The second kappa shape index (κ2) is 12.3. The van der Waals surface area contributed by atoms with Gasteiger partial charge in [0.2, 0.25) is 5.95 Å². The Bertz CT molecular complexity index is 1220. The number of aromatic nitrogens is 2. The summed E-state index contributed by atoms with van der Waals surface area (Å²) in [6.07, 6.45) is 4.67. The molecule has 8 heteroatoms. The van der Waals surface area contributed by atoms with E-state index < -0.39 is 0 Å². The zero-order chi connectivity index (χ0) is 26.3. The third-order valence-corrected chi connectivity index (χ3v) is 7.26. The zero-order valence-corrected chi connectivity index (χ0v) is 22.5. The molecule has 1 saturated heterocycles. The Morgan fingerprint density at radius 3 is 2.26 bits per heavy atom. The summed E-state index contributed by atoms with van der Waals surface area (Å²) >= 11 is 0. The van der Waals surface area contributed by atoms with E-state index in [9.17, 15) is 4.79 Å². The summed E-state index contributed by atoms with van der Waals surface area (Å²) in [4.78, 5) is 27.3. The predicted octanol–water partition coefficient (Wildman–Crippen LogP) is 5.06. The highest BCUT2D eigenvalue weighted by Gasteiger charge is 2.33. The standard InChI is InChI=1S/C30H38N6O2/c1-3-4-15-31-28-27-26(33-30(34-28)32-18-22-11-13-25(38-2)14-12-22)21-36(29(27)37)20-24-9-7-23(8-10-24)19-35-16-5-6-17-35/h7-14H,3-6,15-21H2,1-2H3,(H2,31,32,33,34). The number of amides is 1. The van der Waals surface area contributed by atoms with Gasteiger partial charge in [0.1, 0.15) is 17.1 Å². The highest BCUT2D eigenvalue weighted by atomic mass is 16.5. The Labute approximate surface area is 225 Å². The van der Waals surface area contributed by atoms with E-state index >= 15 is 0 Å². The Kier molecular flexibility index (Phi) is 8.38. The minimum atomic E-state index is -0.0122. The van der Waals surface area contributed by atoms with Gasteiger partial charge in [0.25, 0.3) is 5.91 Å². The van der Waals surface area contributed by atoms with E-state index in [1.807, 2.05) is 29.2 Å². The van der Waals surface area contributed by atoms with Crippen molar-refractivity contribution >= 4 is 17.7 Å². The van der Waals surface area contributed by atoms with Crippen molar-refractivity contribution in [3.05, 3.63) is 76.5 Å². The summed E-state index contributed by atoms with van der Waals surface area (Å²) in [5.74, 6) is 1.96. The molecule has 0 unspecified atom stereocenters. The summed E-state index contributed by atoms with van der Waals surface area (Å²) < 4.78 is 5.25. The minimum Gasteiger partial charge on any atom is -0.497 e. The summed E-state index contributed by atoms with van der Waals surface area (Å²) in [6, 6.07) is 16.6. The predicted molar refractivity (Wildman–Crippen MR) is 150 cm³/mol. The number of unbranched alkanes of at least 4 members (excludes halogenated alkanes) is 1. The molecule has 2 N–H and O–H groups in total. The third-order valence-electron chi connectivity index (χ3n) is 7.26. The van der Waals surface area contributed by atoms with E-state index in [4.69, 9.17) is 14.7 Å². The number of anilines is 2. The van der Waals surface area contributed by atoms with Crippen molar-refractivity contribution in [3.63, 3.8) is 0 Å². The molecule has 8 nitrogen and oxygen atoms in total. The smallest absolute Gasteiger partial charge is 0.260 e. The van der Waals surface area contributed by atoms with Crippen molar-refractivity contribution < 1.29 is 9.53 Å². The van der Waals surface area contributed by atoms with Gasteiger partial charge in [-0.3, -0.25) is 9.69 Å². The molecule has 2 aliphatic rings. The maximum Gasteiger partial charge on any atom is 0.260 e. The van der Waals surface area contributed by atoms with Gasteiger partial charge in [0, 0.05) is 26.2 Å². The van der Waals surface area contributed by atoms with Crippen molar-refractivity contribution in [2.75, 3.05) is 37.4 Å². The van der Waals surface area contributed by atoms with E-state index in [-0.39, 0.29) is 5.91 Å². The van der Waals surface area contributed by atoms with Gasteiger partial charge < -0.3 is 20.3 Å². The van der Waals surface area contributed by atoms with E-state index in [0.717, 1.165) is 48.5 Å². The maximum atomic E-state index is 13.5. The number of nitrogens with one attached hydrogen (secondary N) is 2.